The number of hydrogen-bond acceptors (Lipinski definition) is 11. The predicted octanol–water partition coefficient (Wildman–Crippen LogP) is 2.25. The van der Waals surface area contributed by atoms with Gasteiger partial charge in [0.2, 0.25) is 29.5 Å². The number of phosphoric ester groups is 1. The molecule has 0 bridgehead atoms. The summed E-state index contributed by atoms with van der Waals surface area (Å²) in [5, 5.41) is 20.2. The summed E-state index contributed by atoms with van der Waals surface area (Å²) in [6, 6.07) is 4.00. The average molecular weight is 848 g/mol. The van der Waals surface area contributed by atoms with Gasteiger partial charge in [0.05, 0.1) is 25.6 Å². The smallest absolute Gasteiger partial charge is 0.394 e. The number of amides is 5. The normalized spacial score (nSPS) is 17.5. The number of likely N-dealkylation sites (tertiary alicyclic amines) is 1. The van der Waals surface area contributed by atoms with Crippen LogP contribution in [0.25, 0.3) is 0 Å². The van der Waals surface area contributed by atoms with Crippen molar-refractivity contribution in [1.29, 1.82) is 0 Å². The fourth-order valence-corrected chi connectivity index (χ4v) is 7.72. The Balaban J connectivity index is 1.53. The first-order valence-corrected chi connectivity index (χ1v) is 21.8. The quantitative estimate of drug-likeness (QED) is 0.0388. The van der Waals surface area contributed by atoms with Gasteiger partial charge < -0.3 is 45.9 Å². The molecule has 0 aliphatic carbocycles. The molecule has 0 spiro atoms. The van der Waals surface area contributed by atoms with E-state index in [9.17, 15) is 43.3 Å². The van der Waals surface area contributed by atoms with Crippen LogP contribution >= 0.6 is 7.82 Å². The van der Waals surface area contributed by atoms with Crippen LogP contribution in [0.3, 0.4) is 0 Å². The van der Waals surface area contributed by atoms with E-state index in [-0.39, 0.29) is 37.6 Å². The monoisotopic (exact) mass is 847 g/mol. The molecule has 1 aromatic carbocycles. The van der Waals surface area contributed by atoms with E-state index in [1.54, 1.807) is 0 Å². The van der Waals surface area contributed by atoms with Gasteiger partial charge in [0.15, 0.2) is 0 Å². The van der Waals surface area contributed by atoms with Crippen LogP contribution in [0.15, 0.2) is 42.9 Å². The third-order valence-corrected chi connectivity index (χ3v) is 11.1. The zero-order valence-corrected chi connectivity index (χ0v) is 35.4. The van der Waals surface area contributed by atoms with Crippen molar-refractivity contribution in [3.8, 4) is 0 Å². The van der Waals surface area contributed by atoms with Gasteiger partial charge >= 0.3 is 7.82 Å². The number of aromatic nitrogens is 2. The van der Waals surface area contributed by atoms with Crippen molar-refractivity contribution >= 4 is 43.6 Å². The Bertz CT molecular complexity index is 1680. The fourth-order valence-electron chi connectivity index (χ4n) is 6.75. The molecule has 0 radical (unpaired) electrons. The van der Waals surface area contributed by atoms with Crippen LogP contribution in [0.5, 0.6) is 0 Å². The fraction of sp³-hybridized carbons (Fsp3) is 0.625. The Morgan fingerprint density at radius 1 is 0.932 bits per heavy atom. The number of imidazole rings is 1. The van der Waals surface area contributed by atoms with Gasteiger partial charge in [-0.3, -0.25) is 33.0 Å². The highest BCUT2D eigenvalue weighted by atomic mass is 31.2. The number of rotatable bonds is 27. The summed E-state index contributed by atoms with van der Waals surface area (Å²) in [7, 11) is -4.63. The second-order valence-electron chi connectivity index (χ2n) is 15.3. The van der Waals surface area contributed by atoms with Crippen LogP contribution in [0.2, 0.25) is 0 Å². The molecule has 1 saturated heterocycles. The van der Waals surface area contributed by atoms with Crippen molar-refractivity contribution < 1.29 is 52.4 Å². The number of carbonyl (C=O) groups excluding carboxylic acids is 6. The van der Waals surface area contributed by atoms with Crippen molar-refractivity contribution in [2.45, 2.75) is 135 Å². The molecule has 59 heavy (non-hydrogen) atoms. The number of aliphatic hydroxyl groups excluding tert-OH is 1. The molecule has 0 saturated carbocycles. The first kappa shape index (κ1) is 48.9. The molecule has 3 rings (SSSR count). The first-order chi connectivity index (χ1) is 28.1. The number of aromatic amines is 1. The number of H-pyrrole nitrogens is 1. The van der Waals surface area contributed by atoms with Crippen LogP contribution in [-0.2, 0) is 55.2 Å². The lowest BCUT2D eigenvalue weighted by Crippen LogP contribution is -2.60. The minimum Gasteiger partial charge on any atom is -0.394 e. The topological polar surface area (TPSA) is 258 Å². The number of benzene rings is 1. The number of nitrogens with one attached hydrogen (secondary N) is 5. The maximum Gasteiger partial charge on any atom is 0.472 e. The lowest BCUT2D eigenvalue weighted by atomic mass is 10.0. The molecule has 1 aliphatic rings. The summed E-state index contributed by atoms with van der Waals surface area (Å²) < 4.78 is 22.9. The van der Waals surface area contributed by atoms with E-state index < -0.39 is 74.4 Å². The molecule has 7 N–H and O–H groups in total. The van der Waals surface area contributed by atoms with E-state index in [0.29, 0.717) is 31.5 Å². The maximum atomic E-state index is 13.7. The Morgan fingerprint density at radius 3 is 2.20 bits per heavy atom. The molecule has 1 aromatic heterocycles. The summed E-state index contributed by atoms with van der Waals surface area (Å²) in [6.07, 6.45) is 9.32. The number of aliphatic hydroxyl groups is 1. The van der Waals surface area contributed by atoms with E-state index in [1.165, 1.54) is 36.8 Å². The molecule has 1 aliphatic heterocycles. The van der Waals surface area contributed by atoms with Gasteiger partial charge in [-0.1, -0.05) is 69.9 Å². The third kappa shape index (κ3) is 17.3. The van der Waals surface area contributed by atoms with Crippen molar-refractivity contribution in [1.82, 2.24) is 36.1 Å². The first-order valence-electron chi connectivity index (χ1n) is 20.4. The Hall–Kier alpha value is -4.48. The Morgan fingerprint density at radius 2 is 1.58 bits per heavy atom. The summed E-state index contributed by atoms with van der Waals surface area (Å²) in [5.74, 6) is -3.40. The van der Waals surface area contributed by atoms with Crippen LogP contribution in [0.1, 0.15) is 96.7 Å². The van der Waals surface area contributed by atoms with E-state index in [2.05, 4.69) is 43.4 Å². The molecule has 5 amide bonds. The second-order valence-corrected chi connectivity index (χ2v) is 16.7. The standard InChI is InChI=1S/C40H62N7O11P/c1-27(2)21-32(44-40(54)36-18-14-19-47(36)29(4)50)37(51)43-33(22-31-23-41-26-42-31)38(52)46-35(25-49)39(53)45-34(24-48)28(3)58-59(55,56)57-20-13-8-6-5-7-10-15-30-16-11-9-12-17-30/h9,11-12,16-17,23-24,26-28,32-36,49H,5-8,10,13-15,18-22,25H2,1-4H3,(H,41,42)(H,43,51)(H,44,54)(H,45,53)(H,46,52)(H,55,56). The van der Waals surface area contributed by atoms with Crippen molar-refractivity contribution in [3.63, 3.8) is 0 Å². The number of unbranched alkanes of at least 4 members (excludes halogenated alkanes) is 5. The van der Waals surface area contributed by atoms with Crippen LogP contribution in [-0.4, -0.2) is 117 Å². The lowest BCUT2D eigenvalue weighted by Gasteiger charge is -2.28. The lowest BCUT2D eigenvalue weighted by molar-refractivity contribution is -0.138. The van der Waals surface area contributed by atoms with Crippen LogP contribution in [0.4, 0.5) is 0 Å². The summed E-state index contributed by atoms with van der Waals surface area (Å²) in [6.45, 7) is 5.81. The maximum absolute atomic E-state index is 13.7. The highest BCUT2D eigenvalue weighted by Gasteiger charge is 2.37. The van der Waals surface area contributed by atoms with E-state index in [1.807, 2.05) is 32.0 Å². The van der Waals surface area contributed by atoms with Crippen LogP contribution < -0.4 is 21.3 Å². The summed E-state index contributed by atoms with van der Waals surface area (Å²) in [5.41, 5.74) is 1.75. The van der Waals surface area contributed by atoms with E-state index >= 15 is 0 Å². The molecule has 19 heteroatoms. The molecular weight excluding hydrogens is 785 g/mol. The SMILES string of the molecule is CC(=O)N1CCCC1C(=O)NC(CC(C)C)C(=O)NC(Cc1cnc[nH]1)C(=O)NC(CO)C(=O)NC(C=O)C(C)OP(=O)(O)OCCCCCCCCc1ccccc1. The van der Waals surface area contributed by atoms with Crippen molar-refractivity contribution in [3.05, 3.63) is 54.1 Å². The summed E-state index contributed by atoms with van der Waals surface area (Å²) in [4.78, 5) is 96.4. The van der Waals surface area contributed by atoms with Gasteiger partial charge in [0.25, 0.3) is 0 Å². The van der Waals surface area contributed by atoms with Crippen molar-refractivity contribution in [2.75, 3.05) is 19.8 Å². The van der Waals surface area contributed by atoms with Gasteiger partial charge in [-0.05, 0) is 56.9 Å². The van der Waals surface area contributed by atoms with Gasteiger partial charge in [-0.2, -0.15) is 0 Å². The number of carbonyl (C=O) groups is 6. The molecule has 7 atom stereocenters. The predicted molar refractivity (Wildman–Crippen MR) is 217 cm³/mol. The zero-order valence-electron chi connectivity index (χ0n) is 34.5. The minimum atomic E-state index is -4.63. The Labute approximate surface area is 346 Å². The summed E-state index contributed by atoms with van der Waals surface area (Å²) >= 11 is 0. The Kier molecular flexibility index (Phi) is 20.9. The van der Waals surface area contributed by atoms with Gasteiger partial charge in [-0.15, -0.1) is 0 Å². The highest BCUT2D eigenvalue weighted by molar-refractivity contribution is 7.47. The number of phosphoric acid groups is 1. The zero-order chi connectivity index (χ0) is 43.4. The largest absolute Gasteiger partial charge is 0.472 e. The number of aryl methyl sites for hydroxylation is 1. The highest BCUT2D eigenvalue weighted by Crippen LogP contribution is 2.45. The molecule has 7 unspecified atom stereocenters. The number of aldehydes is 1. The van der Waals surface area contributed by atoms with Gasteiger partial charge in [0, 0.05) is 31.8 Å². The number of nitrogens with zero attached hydrogens (tertiary/aromatic N) is 2. The molecule has 1 fully saturated rings. The molecular formula is C40H62N7O11P. The second kappa shape index (κ2) is 25.2. The van der Waals surface area contributed by atoms with E-state index in [0.717, 1.165) is 38.5 Å². The van der Waals surface area contributed by atoms with Gasteiger partial charge in [-0.25, -0.2) is 9.55 Å². The van der Waals surface area contributed by atoms with Crippen LogP contribution in [0, 0.1) is 5.92 Å². The van der Waals surface area contributed by atoms with E-state index in [4.69, 9.17) is 9.05 Å². The molecule has 328 valence electrons. The molecule has 2 heterocycles. The minimum absolute atomic E-state index is 0.0545. The third-order valence-electron chi connectivity index (χ3n) is 9.95. The molecule has 18 nitrogen and oxygen atoms in total. The molecule has 2 aromatic rings. The number of hydrogen-bond donors (Lipinski definition) is 7. The van der Waals surface area contributed by atoms with Crippen molar-refractivity contribution in [2.24, 2.45) is 5.92 Å². The average Bonchev–Trinajstić information content (AvgIpc) is 3.91. The van der Waals surface area contributed by atoms with Gasteiger partial charge in [0.1, 0.15) is 36.5 Å².